The van der Waals surface area contributed by atoms with Gasteiger partial charge in [0.2, 0.25) is 0 Å². The van der Waals surface area contributed by atoms with Crippen molar-refractivity contribution in [2.45, 2.75) is 32.1 Å². The molecule has 0 amide bonds. The summed E-state index contributed by atoms with van der Waals surface area (Å²) in [5.74, 6) is 0.433. The lowest BCUT2D eigenvalue weighted by atomic mass is 9.91. The SMILES string of the molecule is CC(C)c1ccc2c(c1)C(=O)C[C@@H]2c1ccc(F)cc1. The van der Waals surface area contributed by atoms with E-state index in [1.165, 1.54) is 17.7 Å². The maximum atomic E-state index is 13.0. The fourth-order valence-corrected chi connectivity index (χ4v) is 2.88. The lowest BCUT2D eigenvalue weighted by Crippen LogP contribution is -1.97. The summed E-state index contributed by atoms with van der Waals surface area (Å²) in [7, 11) is 0. The van der Waals surface area contributed by atoms with Gasteiger partial charge in [-0.2, -0.15) is 0 Å². The van der Waals surface area contributed by atoms with Crippen LogP contribution in [0.4, 0.5) is 4.39 Å². The minimum absolute atomic E-state index is 0.0688. The quantitative estimate of drug-likeness (QED) is 0.773. The van der Waals surface area contributed by atoms with Gasteiger partial charge in [-0.3, -0.25) is 4.79 Å². The predicted molar refractivity (Wildman–Crippen MR) is 77.7 cm³/mol. The summed E-state index contributed by atoms with van der Waals surface area (Å²) in [6.07, 6.45) is 0.489. The second-order valence-corrected chi connectivity index (χ2v) is 5.73. The topological polar surface area (TPSA) is 17.1 Å². The summed E-state index contributed by atoms with van der Waals surface area (Å²) in [4.78, 5) is 12.2. The second kappa shape index (κ2) is 4.86. The number of rotatable bonds is 2. The standard InChI is InChI=1S/C18H17FO/c1-11(2)13-5-8-15-16(10-18(20)17(15)9-13)12-3-6-14(19)7-4-12/h3-9,11,16H,10H2,1-2H3/t16-/m1/s1. The Labute approximate surface area is 118 Å². The van der Waals surface area contributed by atoms with Gasteiger partial charge in [0, 0.05) is 17.9 Å². The van der Waals surface area contributed by atoms with Crippen molar-refractivity contribution >= 4 is 5.78 Å². The maximum Gasteiger partial charge on any atom is 0.164 e. The van der Waals surface area contributed by atoms with Crippen LogP contribution in [0.2, 0.25) is 0 Å². The zero-order chi connectivity index (χ0) is 14.3. The third kappa shape index (κ3) is 2.15. The van der Waals surface area contributed by atoms with E-state index < -0.39 is 0 Å². The molecule has 0 spiro atoms. The first kappa shape index (κ1) is 13.0. The molecule has 0 fully saturated rings. The van der Waals surface area contributed by atoms with Crippen molar-refractivity contribution in [3.05, 3.63) is 70.5 Å². The van der Waals surface area contributed by atoms with Gasteiger partial charge in [-0.05, 0) is 40.8 Å². The number of benzene rings is 2. The Hall–Kier alpha value is -1.96. The van der Waals surface area contributed by atoms with Gasteiger partial charge in [0.25, 0.3) is 0 Å². The van der Waals surface area contributed by atoms with E-state index >= 15 is 0 Å². The molecule has 0 saturated heterocycles. The van der Waals surface area contributed by atoms with Gasteiger partial charge in [-0.1, -0.05) is 38.1 Å². The molecular weight excluding hydrogens is 251 g/mol. The van der Waals surface area contributed by atoms with E-state index in [9.17, 15) is 9.18 Å². The van der Waals surface area contributed by atoms with Crippen molar-refractivity contribution in [1.82, 2.24) is 0 Å². The molecule has 1 aliphatic rings. The molecule has 2 aromatic carbocycles. The lowest BCUT2D eigenvalue weighted by molar-refractivity contribution is 0.0991. The van der Waals surface area contributed by atoms with Crippen LogP contribution < -0.4 is 0 Å². The van der Waals surface area contributed by atoms with Crippen molar-refractivity contribution in [1.29, 1.82) is 0 Å². The van der Waals surface area contributed by atoms with Crippen LogP contribution in [0.15, 0.2) is 42.5 Å². The third-order valence-electron chi connectivity index (χ3n) is 4.08. The first-order valence-electron chi connectivity index (χ1n) is 6.99. The maximum absolute atomic E-state index is 13.0. The molecule has 0 unspecified atom stereocenters. The highest BCUT2D eigenvalue weighted by Crippen LogP contribution is 2.39. The normalized spacial score (nSPS) is 17.6. The number of Topliss-reactive ketones (excluding diaryl/α,β-unsaturated/α-hetero) is 1. The van der Waals surface area contributed by atoms with Gasteiger partial charge in [0.15, 0.2) is 5.78 Å². The van der Waals surface area contributed by atoms with Crippen molar-refractivity contribution in [3.8, 4) is 0 Å². The molecule has 0 N–H and O–H groups in total. The monoisotopic (exact) mass is 268 g/mol. The Morgan fingerprint density at radius 1 is 1.10 bits per heavy atom. The summed E-state index contributed by atoms with van der Waals surface area (Å²) in [5.41, 5.74) is 4.11. The van der Waals surface area contributed by atoms with Crippen molar-refractivity contribution in [2.24, 2.45) is 0 Å². The van der Waals surface area contributed by atoms with Crippen molar-refractivity contribution in [2.75, 3.05) is 0 Å². The van der Waals surface area contributed by atoms with Crippen LogP contribution in [0.5, 0.6) is 0 Å². The van der Waals surface area contributed by atoms with Crippen LogP contribution in [0.25, 0.3) is 0 Å². The number of carbonyl (C=O) groups excluding carboxylic acids is 1. The highest BCUT2D eigenvalue weighted by Gasteiger charge is 2.30. The van der Waals surface area contributed by atoms with E-state index in [1.54, 1.807) is 12.1 Å². The summed E-state index contributed by atoms with van der Waals surface area (Å²) < 4.78 is 13.0. The smallest absolute Gasteiger partial charge is 0.164 e. The summed E-state index contributed by atoms with van der Waals surface area (Å²) in [6.45, 7) is 4.25. The van der Waals surface area contributed by atoms with Gasteiger partial charge >= 0.3 is 0 Å². The van der Waals surface area contributed by atoms with Crippen molar-refractivity contribution in [3.63, 3.8) is 0 Å². The first-order valence-corrected chi connectivity index (χ1v) is 6.99. The first-order chi connectivity index (χ1) is 9.56. The van der Waals surface area contributed by atoms with Crippen LogP contribution in [0.3, 0.4) is 0 Å². The Morgan fingerprint density at radius 2 is 1.80 bits per heavy atom. The number of fused-ring (bicyclic) bond motifs is 1. The molecule has 0 bridgehead atoms. The zero-order valence-electron chi connectivity index (χ0n) is 11.7. The van der Waals surface area contributed by atoms with Crippen LogP contribution in [-0.2, 0) is 0 Å². The van der Waals surface area contributed by atoms with Crippen LogP contribution in [0, 0.1) is 5.82 Å². The Balaban J connectivity index is 2.04. The molecule has 2 aromatic rings. The van der Waals surface area contributed by atoms with Gasteiger partial charge in [-0.25, -0.2) is 4.39 Å². The zero-order valence-corrected chi connectivity index (χ0v) is 11.7. The average Bonchev–Trinajstić information content (AvgIpc) is 2.76. The van der Waals surface area contributed by atoms with E-state index in [4.69, 9.17) is 0 Å². The fourth-order valence-electron chi connectivity index (χ4n) is 2.88. The Morgan fingerprint density at radius 3 is 2.45 bits per heavy atom. The molecule has 1 nitrogen and oxygen atoms in total. The molecular formula is C18H17FO. The molecule has 3 rings (SSSR count). The van der Waals surface area contributed by atoms with Crippen LogP contribution >= 0.6 is 0 Å². The highest BCUT2D eigenvalue weighted by atomic mass is 19.1. The van der Waals surface area contributed by atoms with E-state index in [2.05, 4.69) is 26.0 Å². The van der Waals surface area contributed by atoms with Crippen LogP contribution in [-0.4, -0.2) is 5.78 Å². The van der Waals surface area contributed by atoms with Gasteiger partial charge < -0.3 is 0 Å². The lowest BCUT2D eigenvalue weighted by Gasteiger charge is -2.12. The molecule has 0 aliphatic heterocycles. The minimum atomic E-state index is -0.242. The van der Waals surface area contributed by atoms with Crippen molar-refractivity contribution < 1.29 is 9.18 Å². The molecule has 1 aliphatic carbocycles. The Bertz CT molecular complexity index is 656. The summed E-state index contributed by atoms with van der Waals surface area (Å²) in [5, 5.41) is 0. The molecule has 0 heterocycles. The van der Waals surface area contributed by atoms with E-state index in [1.807, 2.05) is 6.07 Å². The predicted octanol–water partition coefficient (Wildman–Crippen LogP) is 4.67. The minimum Gasteiger partial charge on any atom is -0.294 e. The van der Waals surface area contributed by atoms with E-state index in [-0.39, 0.29) is 17.5 Å². The van der Waals surface area contributed by atoms with Gasteiger partial charge in [0.1, 0.15) is 5.82 Å². The summed E-state index contributed by atoms with van der Waals surface area (Å²) in [6, 6.07) is 12.6. The largest absolute Gasteiger partial charge is 0.294 e. The van der Waals surface area contributed by atoms with E-state index in [0.717, 1.165) is 16.7 Å². The molecule has 102 valence electrons. The second-order valence-electron chi connectivity index (χ2n) is 5.73. The molecule has 1 atom stereocenters. The van der Waals surface area contributed by atoms with Crippen LogP contribution in [0.1, 0.15) is 59.2 Å². The highest BCUT2D eigenvalue weighted by molar-refractivity contribution is 6.02. The molecule has 2 heteroatoms. The number of hydrogen-bond donors (Lipinski definition) is 0. The molecule has 0 aromatic heterocycles. The third-order valence-corrected chi connectivity index (χ3v) is 4.08. The number of ketones is 1. The fraction of sp³-hybridized carbons (Fsp3) is 0.278. The van der Waals surface area contributed by atoms with E-state index in [0.29, 0.717) is 12.3 Å². The van der Waals surface area contributed by atoms with Gasteiger partial charge in [0.05, 0.1) is 0 Å². The number of hydrogen-bond acceptors (Lipinski definition) is 1. The van der Waals surface area contributed by atoms with Gasteiger partial charge in [-0.15, -0.1) is 0 Å². The Kier molecular flexibility index (Phi) is 3.17. The molecule has 20 heavy (non-hydrogen) atoms. The molecule has 0 saturated carbocycles. The number of carbonyl (C=O) groups is 1. The average molecular weight is 268 g/mol. The number of halogens is 1. The summed E-state index contributed by atoms with van der Waals surface area (Å²) >= 11 is 0. The molecule has 0 radical (unpaired) electrons.